The van der Waals surface area contributed by atoms with Gasteiger partial charge in [0.25, 0.3) is 0 Å². The minimum atomic E-state index is -0.0390. The molecule has 1 fully saturated rings. The Morgan fingerprint density at radius 1 is 1.32 bits per heavy atom. The van der Waals surface area contributed by atoms with Crippen LogP contribution in [-0.2, 0) is 11.3 Å². The Hall–Kier alpha value is -1.85. The molecule has 1 aliphatic heterocycles. The second kappa shape index (κ2) is 7.96. The van der Waals surface area contributed by atoms with E-state index in [1.165, 1.54) is 0 Å². The van der Waals surface area contributed by atoms with E-state index in [0.29, 0.717) is 6.54 Å². The van der Waals surface area contributed by atoms with Crippen LogP contribution in [0.2, 0.25) is 0 Å². The van der Waals surface area contributed by atoms with Crippen LogP contribution >= 0.6 is 12.4 Å². The number of benzene rings is 1. The van der Waals surface area contributed by atoms with E-state index < -0.39 is 0 Å². The number of aromatic nitrogens is 2. The number of hydrogen-bond donors (Lipinski definition) is 2. The molecule has 0 spiro atoms. The molecular weight excluding hydrogens is 300 g/mol. The molecule has 5 nitrogen and oxygen atoms in total. The summed E-state index contributed by atoms with van der Waals surface area (Å²) in [6, 6.07) is 9.90. The summed E-state index contributed by atoms with van der Waals surface area (Å²) in [5.41, 5.74) is 2.02. The van der Waals surface area contributed by atoms with Crippen LogP contribution in [0.4, 0.5) is 0 Å². The second-order valence-corrected chi connectivity index (χ2v) is 5.35. The Balaban J connectivity index is 0.00000176. The van der Waals surface area contributed by atoms with Gasteiger partial charge in [-0.1, -0.05) is 24.6 Å². The van der Waals surface area contributed by atoms with E-state index in [0.717, 1.165) is 37.1 Å². The van der Waals surface area contributed by atoms with Gasteiger partial charge in [-0.3, -0.25) is 4.79 Å². The smallest absolute Gasteiger partial charge is 0.237 e. The molecule has 1 unspecified atom stereocenters. The number of carbonyl (C=O) groups excluding carboxylic acids is 1. The molecule has 0 saturated carbocycles. The summed E-state index contributed by atoms with van der Waals surface area (Å²) in [5.74, 6) is 0.0853. The van der Waals surface area contributed by atoms with Gasteiger partial charge >= 0.3 is 0 Å². The van der Waals surface area contributed by atoms with Crippen molar-refractivity contribution in [3.63, 3.8) is 0 Å². The maximum Gasteiger partial charge on any atom is 0.237 e. The molecule has 1 amide bonds. The number of rotatable bonds is 4. The molecule has 1 aliphatic rings. The standard InChI is InChI=1S/C16H20N4O.ClH/c21-16(15-8-4-5-9-17-15)18-10-13-11-19-20(12-13)14-6-2-1-3-7-14;/h1-3,6-7,11-12,15,17H,4-5,8-10H2,(H,18,21);1H. The van der Waals surface area contributed by atoms with Crippen molar-refractivity contribution in [3.8, 4) is 5.69 Å². The maximum atomic E-state index is 12.0. The third kappa shape index (κ3) is 4.08. The summed E-state index contributed by atoms with van der Waals surface area (Å²) in [7, 11) is 0. The monoisotopic (exact) mass is 320 g/mol. The number of nitrogens with zero attached hydrogens (tertiary/aromatic N) is 2. The molecule has 2 N–H and O–H groups in total. The van der Waals surface area contributed by atoms with Gasteiger partial charge in [-0.05, 0) is 31.5 Å². The zero-order valence-electron chi connectivity index (χ0n) is 12.4. The van der Waals surface area contributed by atoms with Crippen LogP contribution in [0.25, 0.3) is 5.69 Å². The van der Waals surface area contributed by atoms with E-state index in [1.54, 1.807) is 6.20 Å². The lowest BCUT2D eigenvalue weighted by molar-refractivity contribution is -0.123. The number of para-hydroxylation sites is 1. The Morgan fingerprint density at radius 3 is 2.86 bits per heavy atom. The number of carbonyl (C=O) groups is 1. The molecule has 1 saturated heterocycles. The van der Waals surface area contributed by atoms with Crippen LogP contribution in [-0.4, -0.2) is 28.3 Å². The minimum Gasteiger partial charge on any atom is -0.351 e. The van der Waals surface area contributed by atoms with Crippen molar-refractivity contribution in [2.24, 2.45) is 0 Å². The highest BCUT2D eigenvalue weighted by Gasteiger charge is 2.19. The van der Waals surface area contributed by atoms with Gasteiger partial charge in [0.2, 0.25) is 5.91 Å². The Kier molecular flexibility index (Phi) is 5.98. The van der Waals surface area contributed by atoms with E-state index in [2.05, 4.69) is 15.7 Å². The molecule has 0 bridgehead atoms. The number of hydrogen-bond acceptors (Lipinski definition) is 3. The molecule has 1 atom stereocenters. The van der Waals surface area contributed by atoms with Crippen LogP contribution in [0.3, 0.4) is 0 Å². The van der Waals surface area contributed by atoms with Crippen LogP contribution in [0.15, 0.2) is 42.7 Å². The van der Waals surface area contributed by atoms with Gasteiger partial charge in [-0.15, -0.1) is 12.4 Å². The van der Waals surface area contributed by atoms with Gasteiger partial charge in [0.05, 0.1) is 17.9 Å². The molecule has 6 heteroatoms. The average Bonchev–Trinajstić information content (AvgIpc) is 3.03. The minimum absolute atomic E-state index is 0. The van der Waals surface area contributed by atoms with Crippen LogP contribution in [0.5, 0.6) is 0 Å². The predicted octanol–water partition coefficient (Wildman–Crippen LogP) is 2.05. The third-order valence-electron chi connectivity index (χ3n) is 3.75. The lowest BCUT2D eigenvalue weighted by Gasteiger charge is -2.22. The van der Waals surface area contributed by atoms with Crippen LogP contribution in [0, 0.1) is 0 Å². The Morgan fingerprint density at radius 2 is 2.14 bits per heavy atom. The van der Waals surface area contributed by atoms with Crippen LogP contribution in [0.1, 0.15) is 24.8 Å². The van der Waals surface area contributed by atoms with Gasteiger partial charge < -0.3 is 10.6 Å². The van der Waals surface area contributed by atoms with Gasteiger partial charge in [0, 0.05) is 18.3 Å². The predicted molar refractivity (Wildman–Crippen MR) is 88.3 cm³/mol. The molecule has 2 aromatic rings. The molecule has 1 aromatic heterocycles. The molecule has 118 valence electrons. The van der Waals surface area contributed by atoms with E-state index in [9.17, 15) is 4.79 Å². The topological polar surface area (TPSA) is 59.0 Å². The average molecular weight is 321 g/mol. The first-order chi connectivity index (χ1) is 10.3. The zero-order chi connectivity index (χ0) is 14.5. The summed E-state index contributed by atoms with van der Waals surface area (Å²) in [4.78, 5) is 12.0. The number of piperidine rings is 1. The van der Waals surface area contributed by atoms with Crippen molar-refractivity contribution < 1.29 is 4.79 Å². The van der Waals surface area contributed by atoms with Crippen molar-refractivity contribution in [3.05, 3.63) is 48.3 Å². The highest BCUT2D eigenvalue weighted by molar-refractivity contribution is 5.85. The quantitative estimate of drug-likeness (QED) is 0.906. The van der Waals surface area contributed by atoms with E-state index >= 15 is 0 Å². The number of amides is 1. The van der Waals surface area contributed by atoms with Gasteiger partial charge in [-0.2, -0.15) is 5.10 Å². The summed E-state index contributed by atoms with van der Waals surface area (Å²) in [6.07, 6.45) is 6.95. The second-order valence-electron chi connectivity index (χ2n) is 5.35. The molecule has 1 aromatic carbocycles. The molecule has 22 heavy (non-hydrogen) atoms. The summed E-state index contributed by atoms with van der Waals surface area (Å²) in [5, 5.41) is 10.6. The molecule has 2 heterocycles. The van der Waals surface area contributed by atoms with Gasteiger partial charge in [-0.25, -0.2) is 4.68 Å². The van der Waals surface area contributed by atoms with E-state index in [1.807, 2.05) is 41.2 Å². The fraction of sp³-hybridized carbons (Fsp3) is 0.375. The summed E-state index contributed by atoms with van der Waals surface area (Å²) in [6.45, 7) is 1.45. The lowest BCUT2D eigenvalue weighted by Crippen LogP contribution is -2.46. The summed E-state index contributed by atoms with van der Waals surface area (Å²) < 4.78 is 1.82. The summed E-state index contributed by atoms with van der Waals surface area (Å²) >= 11 is 0. The first kappa shape index (κ1) is 16.5. The van der Waals surface area contributed by atoms with E-state index in [4.69, 9.17) is 0 Å². The third-order valence-corrected chi connectivity index (χ3v) is 3.75. The Labute approximate surface area is 136 Å². The van der Waals surface area contributed by atoms with Crippen molar-refractivity contribution in [2.45, 2.75) is 31.8 Å². The number of halogens is 1. The van der Waals surface area contributed by atoms with E-state index in [-0.39, 0.29) is 24.4 Å². The SMILES string of the molecule is Cl.O=C(NCc1cnn(-c2ccccc2)c1)C1CCCCN1. The maximum absolute atomic E-state index is 12.0. The fourth-order valence-corrected chi connectivity index (χ4v) is 2.56. The lowest BCUT2D eigenvalue weighted by atomic mass is 10.0. The Bertz CT molecular complexity index is 593. The first-order valence-electron chi connectivity index (χ1n) is 7.43. The molecule has 0 aliphatic carbocycles. The van der Waals surface area contributed by atoms with Gasteiger partial charge in [0.1, 0.15) is 0 Å². The fourth-order valence-electron chi connectivity index (χ4n) is 2.56. The van der Waals surface area contributed by atoms with Crippen LogP contribution < -0.4 is 10.6 Å². The largest absolute Gasteiger partial charge is 0.351 e. The van der Waals surface area contributed by atoms with Crippen molar-refractivity contribution in [2.75, 3.05) is 6.54 Å². The molecule has 3 rings (SSSR count). The van der Waals surface area contributed by atoms with Gasteiger partial charge in [0.15, 0.2) is 0 Å². The first-order valence-corrected chi connectivity index (χ1v) is 7.43. The number of nitrogens with one attached hydrogen (secondary N) is 2. The highest BCUT2D eigenvalue weighted by Crippen LogP contribution is 2.09. The van der Waals surface area contributed by atoms with Crippen molar-refractivity contribution >= 4 is 18.3 Å². The molecular formula is C16H21ClN4O. The molecule has 0 radical (unpaired) electrons. The highest BCUT2D eigenvalue weighted by atomic mass is 35.5. The normalized spacial score (nSPS) is 17.5. The zero-order valence-corrected chi connectivity index (χ0v) is 13.2. The van der Waals surface area contributed by atoms with Crippen molar-refractivity contribution in [1.82, 2.24) is 20.4 Å². The van der Waals surface area contributed by atoms with Crippen molar-refractivity contribution in [1.29, 1.82) is 0 Å².